The Hall–Kier alpha value is -2.52. The first-order valence-corrected chi connectivity index (χ1v) is 11.4. The molecule has 0 saturated carbocycles. The Balaban J connectivity index is 1.45. The molecule has 4 rings (SSSR count). The van der Waals surface area contributed by atoms with Crippen molar-refractivity contribution in [1.82, 2.24) is 5.32 Å². The predicted octanol–water partition coefficient (Wildman–Crippen LogP) is 6.35. The number of nitrogens with one attached hydrogen (secondary N) is 1. The van der Waals surface area contributed by atoms with Crippen LogP contribution in [0, 0.1) is 0 Å². The van der Waals surface area contributed by atoms with Crippen molar-refractivity contribution in [3.05, 3.63) is 101 Å². The van der Waals surface area contributed by atoms with Crippen LogP contribution in [-0.4, -0.2) is 5.91 Å². The fraction of sp³-hybridized carbons (Fsp3) is 0.269. The van der Waals surface area contributed by atoms with Gasteiger partial charge in [0.1, 0.15) is 0 Å². The van der Waals surface area contributed by atoms with E-state index in [1.54, 1.807) is 11.8 Å². The fourth-order valence-corrected chi connectivity index (χ4v) is 4.90. The summed E-state index contributed by atoms with van der Waals surface area (Å²) < 4.78 is 0. The van der Waals surface area contributed by atoms with Gasteiger partial charge in [0, 0.05) is 10.6 Å². The molecule has 0 aromatic heterocycles. The minimum atomic E-state index is -0.0121. The Morgan fingerprint density at radius 1 is 0.931 bits per heavy atom. The van der Waals surface area contributed by atoms with E-state index in [2.05, 4.69) is 54.7 Å². The third-order valence-electron chi connectivity index (χ3n) is 5.59. The highest BCUT2D eigenvalue weighted by molar-refractivity contribution is 7.98. The SMILES string of the molecule is C[C@@H](NC(=O)c1ccccc1SCc1ccccc1)c1ccc2c(c1)CCCC2. The topological polar surface area (TPSA) is 29.1 Å². The normalized spacial score (nSPS) is 14.1. The van der Waals surface area contributed by atoms with Crippen LogP contribution in [-0.2, 0) is 18.6 Å². The van der Waals surface area contributed by atoms with E-state index >= 15 is 0 Å². The Bertz CT molecular complexity index is 983. The van der Waals surface area contributed by atoms with Gasteiger partial charge in [-0.15, -0.1) is 11.8 Å². The minimum Gasteiger partial charge on any atom is -0.345 e. The first-order chi connectivity index (χ1) is 14.2. The Kier molecular flexibility index (Phi) is 6.36. The van der Waals surface area contributed by atoms with Crippen LogP contribution >= 0.6 is 11.8 Å². The molecular formula is C26H27NOS. The third-order valence-corrected chi connectivity index (χ3v) is 6.73. The van der Waals surface area contributed by atoms with Gasteiger partial charge >= 0.3 is 0 Å². The first-order valence-electron chi connectivity index (χ1n) is 10.4. The molecule has 0 fully saturated rings. The van der Waals surface area contributed by atoms with E-state index in [0.29, 0.717) is 0 Å². The zero-order valence-corrected chi connectivity index (χ0v) is 17.7. The fourth-order valence-electron chi connectivity index (χ4n) is 3.90. The third kappa shape index (κ3) is 4.91. The molecule has 1 aliphatic rings. The number of carbonyl (C=O) groups excluding carboxylic acids is 1. The number of hydrogen-bond acceptors (Lipinski definition) is 2. The van der Waals surface area contributed by atoms with Crippen LogP contribution in [0.5, 0.6) is 0 Å². The summed E-state index contributed by atoms with van der Waals surface area (Å²) in [6.45, 7) is 2.07. The maximum Gasteiger partial charge on any atom is 0.252 e. The number of rotatable bonds is 6. The van der Waals surface area contributed by atoms with Crippen molar-refractivity contribution in [2.24, 2.45) is 0 Å². The van der Waals surface area contributed by atoms with E-state index in [1.807, 2.05) is 30.3 Å². The minimum absolute atomic E-state index is 0.00798. The number of aryl methyl sites for hydroxylation is 2. The van der Waals surface area contributed by atoms with Crippen LogP contribution in [0.15, 0.2) is 77.7 Å². The molecule has 0 bridgehead atoms. The van der Waals surface area contributed by atoms with Gasteiger partial charge in [-0.25, -0.2) is 0 Å². The Morgan fingerprint density at radius 2 is 1.66 bits per heavy atom. The van der Waals surface area contributed by atoms with Crippen molar-refractivity contribution in [1.29, 1.82) is 0 Å². The van der Waals surface area contributed by atoms with Gasteiger partial charge in [0.15, 0.2) is 0 Å². The van der Waals surface area contributed by atoms with Crippen molar-refractivity contribution in [3.63, 3.8) is 0 Å². The van der Waals surface area contributed by atoms with Gasteiger partial charge in [0.2, 0.25) is 0 Å². The maximum atomic E-state index is 13.0. The van der Waals surface area contributed by atoms with Crippen LogP contribution in [0.1, 0.15) is 58.4 Å². The van der Waals surface area contributed by atoms with Gasteiger partial charge < -0.3 is 5.32 Å². The highest BCUT2D eigenvalue weighted by Crippen LogP contribution is 2.28. The molecule has 3 aromatic carbocycles. The molecule has 1 aliphatic carbocycles. The zero-order chi connectivity index (χ0) is 20.1. The standard InChI is InChI=1S/C26H27NOS/c1-19(22-16-15-21-11-5-6-12-23(21)17-22)27-26(28)24-13-7-8-14-25(24)29-18-20-9-3-2-4-10-20/h2-4,7-10,13-17,19H,5-6,11-12,18H2,1H3,(H,27,28)/t19-/m1/s1. The highest BCUT2D eigenvalue weighted by Gasteiger charge is 2.17. The molecule has 3 heteroatoms. The molecule has 3 aromatic rings. The van der Waals surface area contributed by atoms with Crippen LogP contribution in [0.3, 0.4) is 0 Å². The van der Waals surface area contributed by atoms with E-state index in [0.717, 1.165) is 22.6 Å². The van der Waals surface area contributed by atoms with Crippen molar-refractivity contribution >= 4 is 17.7 Å². The van der Waals surface area contributed by atoms with Crippen molar-refractivity contribution in [2.45, 2.75) is 49.3 Å². The summed E-state index contributed by atoms with van der Waals surface area (Å²) in [6, 6.07) is 24.9. The van der Waals surface area contributed by atoms with E-state index in [4.69, 9.17) is 0 Å². The molecule has 29 heavy (non-hydrogen) atoms. The average molecular weight is 402 g/mol. The van der Waals surface area contributed by atoms with Crippen LogP contribution in [0.4, 0.5) is 0 Å². The number of thioether (sulfide) groups is 1. The van der Waals surface area contributed by atoms with Gasteiger partial charge in [-0.1, -0.05) is 60.7 Å². The Labute approximate surface area is 177 Å². The molecule has 2 nitrogen and oxygen atoms in total. The lowest BCUT2D eigenvalue weighted by Crippen LogP contribution is -2.27. The monoisotopic (exact) mass is 401 g/mol. The van der Waals surface area contributed by atoms with E-state index in [1.165, 1.54) is 41.5 Å². The predicted molar refractivity (Wildman–Crippen MR) is 121 cm³/mol. The Morgan fingerprint density at radius 3 is 2.48 bits per heavy atom. The summed E-state index contributed by atoms with van der Waals surface area (Å²) in [5.41, 5.74) is 6.12. The molecule has 0 spiro atoms. The summed E-state index contributed by atoms with van der Waals surface area (Å²) in [7, 11) is 0. The van der Waals surface area contributed by atoms with Crippen LogP contribution in [0.25, 0.3) is 0 Å². The van der Waals surface area contributed by atoms with Crippen LogP contribution in [0.2, 0.25) is 0 Å². The number of benzene rings is 3. The summed E-state index contributed by atoms with van der Waals surface area (Å²) in [4.78, 5) is 14.0. The average Bonchev–Trinajstić information content (AvgIpc) is 2.78. The number of fused-ring (bicyclic) bond motifs is 1. The molecular weight excluding hydrogens is 374 g/mol. The molecule has 148 valence electrons. The second-order valence-electron chi connectivity index (χ2n) is 7.70. The van der Waals surface area contributed by atoms with Gasteiger partial charge in [-0.2, -0.15) is 0 Å². The van der Waals surface area contributed by atoms with Gasteiger partial charge in [-0.05, 0) is 67.0 Å². The van der Waals surface area contributed by atoms with E-state index in [-0.39, 0.29) is 11.9 Å². The summed E-state index contributed by atoms with van der Waals surface area (Å²) in [6.07, 6.45) is 4.89. The molecule has 1 amide bonds. The van der Waals surface area contributed by atoms with Crippen molar-refractivity contribution in [3.8, 4) is 0 Å². The van der Waals surface area contributed by atoms with Gasteiger partial charge in [-0.3, -0.25) is 4.79 Å². The lowest BCUT2D eigenvalue weighted by Gasteiger charge is -2.20. The zero-order valence-electron chi connectivity index (χ0n) is 16.9. The number of carbonyl (C=O) groups is 1. The second kappa shape index (κ2) is 9.32. The smallest absolute Gasteiger partial charge is 0.252 e. The van der Waals surface area contributed by atoms with E-state index in [9.17, 15) is 4.79 Å². The first kappa shape index (κ1) is 19.8. The van der Waals surface area contributed by atoms with Crippen molar-refractivity contribution in [2.75, 3.05) is 0 Å². The number of amides is 1. The lowest BCUT2D eigenvalue weighted by atomic mass is 9.89. The molecule has 0 radical (unpaired) electrons. The molecule has 0 saturated heterocycles. The summed E-state index contributed by atoms with van der Waals surface area (Å²) in [5, 5.41) is 3.21. The highest BCUT2D eigenvalue weighted by atomic mass is 32.2. The summed E-state index contributed by atoms with van der Waals surface area (Å²) in [5.74, 6) is 0.845. The maximum absolute atomic E-state index is 13.0. The van der Waals surface area contributed by atoms with Crippen LogP contribution < -0.4 is 5.32 Å². The molecule has 0 heterocycles. The molecule has 1 atom stereocenters. The second-order valence-corrected chi connectivity index (χ2v) is 8.72. The quantitative estimate of drug-likeness (QED) is 0.488. The van der Waals surface area contributed by atoms with E-state index < -0.39 is 0 Å². The molecule has 0 unspecified atom stereocenters. The van der Waals surface area contributed by atoms with Gasteiger partial charge in [0.25, 0.3) is 5.91 Å². The molecule has 0 aliphatic heterocycles. The number of hydrogen-bond donors (Lipinski definition) is 1. The summed E-state index contributed by atoms with van der Waals surface area (Å²) >= 11 is 1.71. The van der Waals surface area contributed by atoms with Crippen molar-refractivity contribution < 1.29 is 4.79 Å². The molecule has 1 N–H and O–H groups in total. The van der Waals surface area contributed by atoms with Gasteiger partial charge in [0.05, 0.1) is 11.6 Å². The largest absolute Gasteiger partial charge is 0.345 e. The lowest BCUT2D eigenvalue weighted by molar-refractivity contribution is 0.0937.